The molecule has 2 rings (SSSR count). The summed E-state index contributed by atoms with van der Waals surface area (Å²) in [7, 11) is 3.25. The zero-order chi connectivity index (χ0) is 20.7. The van der Waals surface area contributed by atoms with Gasteiger partial charge in [-0.05, 0) is 55.3 Å². The number of ether oxygens (including phenoxy) is 1. The Labute approximate surface area is 164 Å². The van der Waals surface area contributed by atoms with Gasteiger partial charge in [0.1, 0.15) is 17.6 Å². The van der Waals surface area contributed by atoms with Crippen molar-refractivity contribution in [1.82, 2.24) is 10.2 Å². The van der Waals surface area contributed by atoms with Crippen molar-refractivity contribution in [3.8, 4) is 5.75 Å². The number of rotatable bonds is 7. The molecular weight excluding hydrogens is 359 g/mol. The van der Waals surface area contributed by atoms with Crippen molar-refractivity contribution >= 4 is 17.9 Å². The number of halogens is 1. The Kier molecular flexibility index (Phi) is 7.32. The first kappa shape index (κ1) is 21.2. The highest BCUT2D eigenvalue weighted by Crippen LogP contribution is 2.19. The predicted octanol–water partition coefficient (Wildman–Crippen LogP) is 3.57. The Morgan fingerprint density at radius 3 is 2.25 bits per heavy atom. The van der Waals surface area contributed by atoms with E-state index in [9.17, 15) is 14.0 Å². The van der Waals surface area contributed by atoms with Gasteiger partial charge >= 0.3 is 0 Å². The van der Waals surface area contributed by atoms with E-state index in [1.54, 1.807) is 51.4 Å². The van der Waals surface area contributed by atoms with Gasteiger partial charge in [-0.2, -0.15) is 0 Å². The first-order valence-corrected chi connectivity index (χ1v) is 8.96. The second-order valence-electron chi connectivity index (χ2n) is 6.51. The minimum absolute atomic E-state index is 0.233. The highest BCUT2D eigenvalue weighted by atomic mass is 19.1. The summed E-state index contributed by atoms with van der Waals surface area (Å²) >= 11 is 0. The number of carbonyl (C=O) groups excluding carboxylic acids is 2. The summed E-state index contributed by atoms with van der Waals surface area (Å²) in [5, 5.41) is 2.67. The zero-order valence-electron chi connectivity index (χ0n) is 16.5. The molecule has 148 valence electrons. The summed E-state index contributed by atoms with van der Waals surface area (Å²) in [6, 6.07) is 12.3. The Hall–Kier alpha value is -3.15. The van der Waals surface area contributed by atoms with Crippen molar-refractivity contribution in [2.24, 2.45) is 0 Å². The molecule has 0 saturated heterocycles. The largest absolute Gasteiger partial charge is 0.497 e. The number of likely N-dealkylation sites (N-methyl/N-ethyl adjacent to an activating group) is 1. The van der Waals surface area contributed by atoms with Gasteiger partial charge in [-0.25, -0.2) is 4.39 Å². The molecule has 0 bridgehead atoms. The van der Waals surface area contributed by atoms with Gasteiger partial charge in [-0.1, -0.05) is 24.3 Å². The highest BCUT2D eigenvalue weighted by Gasteiger charge is 2.23. The normalized spacial score (nSPS) is 13.0. The van der Waals surface area contributed by atoms with Crippen LogP contribution in [0.2, 0.25) is 0 Å². The lowest BCUT2D eigenvalue weighted by Crippen LogP contribution is -2.45. The van der Waals surface area contributed by atoms with Gasteiger partial charge in [0.25, 0.3) is 0 Å². The molecule has 5 nitrogen and oxygen atoms in total. The van der Waals surface area contributed by atoms with Crippen LogP contribution in [-0.4, -0.2) is 36.9 Å². The van der Waals surface area contributed by atoms with Gasteiger partial charge < -0.3 is 15.0 Å². The van der Waals surface area contributed by atoms with Crippen LogP contribution in [0.5, 0.6) is 5.75 Å². The maximum Gasteiger partial charge on any atom is 0.245 e. The minimum atomic E-state index is -0.694. The first-order valence-electron chi connectivity index (χ1n) is 8.96. The lowest BCUT2D eigenvalue weighted by molar-refractivity contribution is -0.135. The van der Waals surface area contributed by atoms with Crippen molar-refractivity contribution in [3.05, 3.63) is 71.6 Å². The molecule has 6 heteroatoms. The van der Waals surface area contributed by atoms with E-state index < -0.39 is 6.04 Å². The summed E-state index contributed by atoms with van der Waals surface area (Å²) < 4.78 is 18.2. The van der Waals surface area contributed by atoms with Crippen LogP contribution in [0.25, 0.3) is 6.08 Å². The molecule has 0 heterocycles. The van der Waals surface area contributed by atoms with E-state index >= 15 is 0 Å². The number of methoxy groups -OCH3 is 1. The second kappa shape index (κ2) is 9.69. The average molecular weight is 384 g/mol. The maximum absolute atomic E-state index is 13.1. The molecule has 1 N–H and O–H groups in total. The van der Waals surface area contributed by atoms with Crippen LogP contribution in [0.1, 0.15) is 31.0 Å². The fourth-order valence-electron chi connectivity index (χ4n) is 2.67. The van der Waals surface area contributed by atoms with Crippen LogP contribution >= 0.6 is 0 Å². The van der Waals surface area contributed by atoms with Crippen molar-refractivity contribution in [1.29, 1.82) is 0 Å². The Morgan fingerprint density at radius 1 is 1.07 bits per heavy atom. The molecule has 2 aromatic carbocycles. The smallest absolute Gasteiger partial charge is 0.245 e. The molecule has 2 unspecified atom stereocenters. The summed E-state index contributed by atoms with van der Waals surface area (Å²) in [5.41, 5.74) is 1.66. The van der Waals surface area contributed by atoms with Gasteiger partial charge in [0, 0.05) is 13.1 Å². The number of nitrogens with one attached hydrogen (secondary N) is 1. The molecule has 0 radical (unpaired) electrons. The van der Waals surface area contributed by atoms with Crippen molar-refractivity contribution in [3.63, 3.8) is 0 Å². The topological polar surface area (TPSA) is 58.6 Å². The third-order valence-electron chi connectivity index (χ3n) is 4.55. The monoisotopic (exact) mass is 384 g/mol. The molecule has 0 saturated carbocycles. The van der Waals surface area contributed by atoms with Gasteiger partial charge in [0.05, 0.1) is 13.2 Å². The third kappa shape index (κ3) is 5.67. The fraction of sp³-hybridized carbons (Fsp3) is 0.273. The number of benzene rings is 2. The molecule has 0 aromatic heterocycles. The molecule has 2 amide bonds. The molecule has 28 heavy (non-hydrogen) atoms. The summed E-state index contributed by atoms with van der Waals surface area (Å²) in [6.45, 7) is 3.48. The molecule has 0 aliphatic rings. The summed E-state index contributed by atoms with van der Waals surface area (Å²) in [4.78, 5) is 26.3. The molecule has 2 atom stereocenters. The second-order valence-corrected chi connectivity index (χ2v) is 6.51. The van der Waals surface area contributed by atoms with Crippen molar-refractivity contribution < 1.29 is 18.7 Å². The van der Waals surface area contributed by atoms with Crippen LogP contribution in [0.15, 0.2) is 54.6 Å². The highest BCUT2D eigenvalue weighted by molar-refractivity contribution is 5.95. The summed E-state index contributed by atoms with van der Waals surface area (Å²) in [5.74, 6) is -0.184. The van der Waals surface area contributed by atoms with Gasteiger partial charge in [0.2, 0.25) is 11.8 Å². The SMILES string of the molecule is COc1ccc(/C=C/C(=O)NC(C)C(=O)N(C)C(C)c2ccc(F)cc2)cc1. The van der Waals surface area contributed by atoms with E-state index in [-0.39, 0.29) is 23.7 Å². The number of hydrogen-bond acceptors (Lipinski definition) is 3. The number of hydrogen-bond donors (Lipinski definition) is 1. The molecule has 0 aliphatic carbocycles. The lowest BCUT2D eigenvalue weighted by Gasteiger charge is -2.28. The Balaban J connectivity index is 1.93. The fourth-order valence-corrected chi connectivity index (χ4v) is 2.67. The number of nitrogens with zero attached hydrogens (tertiary/aromatic N) is 1. The van der Waals surface area contributed by atoms with Crippen LogP contribution < -0.4 is 10.1 Å². The average Bonchev–Trinajstić information content (AvgIpc) is 2.71. The van der Waals surface area contributed by atoms with Gasteiger partial charge in [-0.15, -0.1) is 0 Å². The van der Waals surface area contributed by atoms with E-state index in [4.69, 9.17) is 4.74 Å². The number of carbonyl (C=O) groups is 2. The Bertz CT molecular complexity index is 832. The first-order chi connectivity index (χ1) is 13.3. The third-order valence-corrected chi connectivity index (χ3v) is 4.55. The maximum atomic E-state index is 13.1. The van der Waals surface area contributed by atoms with Gasteiger partial charge in [0.15, 0.2) is 0 Å². The van der Waals surface area contributed by atoms with E-state index in [0.717, 1.165) is 16.9 Å². The van der Waals surface area contributed by atoms with Crippen molar-refractivity contribution in [2.75, 3.05) is 14.2 Å². The molecule has 0 aliphatic heterocycles. The Morgan fingerprint density at radius 2 is 1.68 bits per heavy atom. The summed E-state index contributed by atoms with van der Waals surface area (Å²) in [6.07, 6.45) is 3.05. The van der Waals surface area contributed by atoms with Crippen LogP contribution in [-0.2, 0) is 9.59 Å². The van der Waals surface area contributed by atoms with Crippen LogP contribution in [0.3, 0.4) is 0 Å². The molecule has 0 spiro atoms. The van der Waals surface area contributed by atoms with Crippen LogP contribution in [0, 0.1) is 5.82 Å². The molecule has 2 aromatic rings. The quantitative estimate of drug-likeness (QED) is 0.743. The zero-order valence-corrected chi connectivity index (χ0v) is 16.5. The molecule has 0 fully saturated rings. The van der Waals surface area contributed by atoms with Crippen LogP contribution in [0.4, 0.5) is 4.39 Å². The van der Waals surface area contributed by atoms with E-state index in [1.165, 1.54) is 23.1 Å². The van der Waals surface area contributed by atoms with E-state index in [1.807, 2.05) is 19.1 Å². The predicted molar refractivity (Wildman–Crippen MR) is 107 cm³/mol. The van der Waals surface area contributed by atoms with E-state index in [0.29, 0.717) is 0 Å². The van der Waals surface area contributed by atoms with Crippen molar-refractivity contribution in [2.45, 2.75) is 25.9 Å². The standard InChI is InChI=1S/C22H25FN2O3/c1-15(22(27)25(3)16(2)18-8-10-19(23)11-9-18)24-21(26)14-7-17-5-12-20(28-4)13-6-17/h5-16H,1-4H3,(H,24,26)/b14-7+. The van der Waals surface area contributed by atoms with Gasteiger partial charge in [-0.3, -0.25) is 9.59 Å². The lowest BCUT2D eigenvalue weighted by atomic mass is 10.1. The molecular formula is C22H25FN2O3. The number of amides is 2. The van der Waals surface area contributed by atoms with E-state index in [2.05, 4.69) is 5.32 Å². The minimum Gasteiger partial charge on any atom is -0.497 e.